The second kappa shape index (κ2) is 8.89. The third-order valence-corrected chi connectivity index (χ3v) is 7.09. The van der Waals surface area contributed by atoms with Crippen molar-refractivity contribution in [3.63, 3.8) is 0 Å². The summed E-state index contributed by atoms with van der Waals surface area (Å²) in [6.45, 7) is 6.26. The van der Waals surface area contributed by atoms with Crippen LogP contribution in [0, 0.1) is 0 Å². The molecule has 0 aliphatic carbocycles. The van der Waals surface area contributed by atoms with Gasteiger partial charge < -0.3 is 14.5 Å². The molecule has 0 spiro atoms. The molecule has 30 heavy (non-hydrogen) atoms. The molecule has 7 nitrogen and oxygen atoms in total. The lowest BCUT2D eigenvalue weighted by Crippen LogP contribution is -2.30. The van der Waals surface area contributed by atoms with Gasteiger partial charge in [-0.25, -0.2) is 8.42 Å². The van der Waals surface area contributed by atoms with E-state index in [0.717, 1.165) is 10.9 Å². The van der Waals surface area contributed by atoms with Crippen LogP contribution in [0.25, 0.3) is 11.0 Å². The maximum Gasteiger partial charge on any atom is 0.287 e. The minimum Gasteiger partial charge on any atom is -0.493 e. The number of hydrogen-bond acceptors (Lipinski definition) is 5. The summed E-state index contributed by atoms with van der Waals surface area (Å²) in [4.78, 5) is 12.9. The molecule has 1 heterocycles. The Morgan fingerprint density at radius 3 is 2.40 bits per heavy atom. The molecule has 3 rings (SSSR count). The van der Waals surface area contributed by atoms with Crippen LogP contribution in [0.3, 0.4) is 0 Å². The number of para-hydroxylation sites is 1. The van der Waals surface area contributed by atoms with Gasteiger partial charge in [0.1, 0.15) is 0 Å². The van der Waals surface area contributed by atoms with Crippen LogP contribution in [-0.2, 0) is 10.0 Å². The number of amides is 1. The van der Waals surface area contributed by atoms with Crippen molar-refractivity contribution in [2.45, 2.75) is 31.7 Å². The number of carbonyl (C=O) groups excluding carboxylic acids is 1. The smallest absolute Gasteiger partial charge is 0.287 e. The van der Waals surface area contributed by atoms with Crippen LogP contribution in [0.15, 0.2) is 57.8 Å². The first-order valence-electron chi connectivity index (χ1n) is 9.79. The van der Waals surface area contributed by atoms with E-state index < -0.39 is 10.0 Å². The normalized spacial score (nSPS) is 12.8. The van der Waals surface area contributed by atoms with Gasteiger partial charge in [-0.3, -0.25) is 4.79 Å². The summed E-state index contributed by atoms with van der Waals surface area (Å²) in [5.74, 6) is 0.382. The highest BCUT2D eigenvalue weighted by Gasteiger charge is 2.22. The fraction of sp³-hybridized carbons (Fsp3) is 0.318. The van der Waals surface area contributed by atoms with Gasteiger partial charge in [-0.15, -0.1) is 0 Å². The van der Waals surface area contributed by atoms with Crippen molar-refractivity contribution in [3.05, 3.63) is 59.9 Å². The van der Waals surface area contributed by atoms with Gasteiger partial charge >= 0.3 is 0 Å². The van der Waals surface area contributed by atoms with Crippen molar-refractivity contribution >= 4 is 26.9 Å². The number of nitrogens with one attached hydrogen (secondary N) is 1. The van der Waals surface area contributed by atoms with Crippen LogP contribution in [0.2, 0.25) is 0 Å². The third-order valence-electron chi connectivity index (χ3n) is 5.02. The number of methoxy groups -OCH3 is 1. The predicted molar refractivity (Wildman–Crippen MR) is 115 cm³/mol. The zero-order chi connectivity index (χ0) is 21.9. The molecule has 0 fully saturated rings. The van der Waals surface area contributed by atoms with E-state index >= 15 is 0 Å². The Labute approximate surface area is 176 Å². The summed E-state index contributed by atoms with van der Waals surface area (Å²) in [5.41, 5.74) is 1.30. The molecule has 0 aliphatic heterocycles. The zero-order valence-corrected chi connectivity index (χ0v) is 18.3. The molecule has 2 aromatic carbocycles. The van der Waals surface area contributed by atoms with E-state index in [1.54, 1.807) is 57.4 Å². The number of carbonyl (C=O) groups is 1. The molecule has 160 valence electrons. The number of fused-ring (bicyclic) bond motifs is 1. The third kappa shape index (κ3) is 4.20. The number of benzene rings is 2. The largest absolute Gasteiger partial charge is 0.493 e. The fourth-order valence-electron chi connectivity index (χ4n) is 3.30. The van der Waals surface area contributed by atoms with E-state index in [4.69, 9.17) is 9.15 Å². The average Bonchev–Trinajstić information content (AvgIpc) is 3.19. The van der Waals surface area contributed by atoms with E-state index in [2.05, 4.69) is 5.32 Å². The average molecular weight is 431 g/mol. The van der Waals surface area contributed by atoms with E-state index in [1.165, 1.54) is 4.31 Å². The topological polar surface area (TPSA) is 88.9 Å². The van der Waals surface area contributed by atoms with Gasteiger partial charge in [0, 0.05) is 18.5 Å². The molecular weight excluding hydrogens is 404 g/mol. The summed E-state index contributed by atoms with van der Waals surface area (Å²) in [5, 5.41) is 3.66. The van der Waals surface area contributed by atoms with E-state index in [-0.39, 0.29) is 22.6 Å². The van der Waals surface area contributed by atoms with Crippen LogP contribution in [-0.4, -0.2) is 38.8 Å². The second-order valence-electron chi connectivity index (χ2n) is 6.84. The first kappa shape index (κ1) is 21.9. The van der Waals surface area contributed by atoms with Gasteiger partial charge in [-0.2, -0.15) is 4.31 Å². The summed E-state index contributed by atoms with van der Waals surface area (Å²) < 4.78 is 37.6. The second-order valence-corrected chi connectivity index (χ2v) is 8.78. The molecule has 1 N–H and O–H groups in total. The Kier molecular flexibility index (Phi) is 6.48. The van der Waals surface area contributed by atoms with Gasteiger partial charge in [-0.05, 0) is 36.8 Å². The minimum atomic E-state index is -3.51. The standard InChI is InChI=1S/C22H26N2O5S/c1-5-24(6-2)30(26,27)18-12-10-16(11-13-18)15(3)23-22(25)20-14-17-8-7-9-19(28-4)21(17)29-20/h7-15H,5-6H2,1-4H3,(H,23,25). The van der Waals surface area contributed by atoms with Gasteiger partial charge in [0.05, 0.1) is 18.0 Å². The Hall–Kier alpha value is -2.84. The zero-order valence-electron chi connectivity index (χ0n) is 17.5. The lowest BCUT2D eigenvalue weighted by atomic mass is 10.1. The molecule has 1 atom stereocenters. The van der Waals surface area contributed by atoms with Gasteiger partial charge in [0.2, 0.25) is 10.0 Å². The highest BCUT2D eigenvalue weighted by molar-refractivity contribution is 7.89. The number of ether oxygens (including phenoxy) is 1. The summed E-state index contributed by atoms with van der Waals surface area (Å²) >= 11 is 0. The maximum absolute atomic E-state index is 12.6. The molecular formula is C22H26N2O5S. The van der Waals surface area contributed by atoms with E-state index in [0.29, 0.717) is 24.4 Å². The number of furan rings is 1. The number of hydrogen-bond donors (Lipinski definition) is 1. The molecule has 1 aromatic heterocycles. The summed E-state index contributed by atoms with van der Waals surface area (Å²) in [7, 11) is -1.97. The van der Waals surface area contributed by atoms with Crippen LogP contribution in [0.4, 0.5) is 0 Å². The molecule has 8 heteroatoms. The van der Waals surface area contributed by atoms with E-state index in [9.17, 15) is 13.2 Å². The molecule has 1 unspecified atom stereocenters. The first-order valence-corrected chi connectivity index (χ1v) is 11.2. The highest BCUT2D eigenvalue weighted by atomic mass is 32.2. The summed E-state index contributed by atoms with van der Waals surface area (Å²) in [6.07, 6.45) is 0. The van der Waals surface area contributed by atoms with Crippen molar-refractivity contribution in [1.82, 2.24) is 9.62 Å². The van der Waals surface area contributed by atoms with E-state index in [1.807, 2.05) is 19.1 Å². The molecule has 1 amide bonds. The number of sulfonamides is 1. The lowest BCUT2D eigenvalue weighted by molar-refractivity contribution is 0.0914. The van der Waals surface area contributed by atoms with Crippen molar-refractivity contribution in [2.75, 3.05) is 20.2 Å². The Morgan fingerprint density at radius 2 is 1.80 bits per heavy atom. The quantitative estimate of drug-likeness (QED) is 0.584. The van der Waals surface area contributed by atoms with Gasteiger partial charge in [-0.1, -0.05) is 38.1 Å². The molecule has 0 aliphatic rings. The SMILES string of the molecule is CCN(CC)S(=O)(=O)c1ccc(C(C)NC(=O)c2cc3cccc(OC)c3o2)cc1. The van der Waals surface area contributed by atoms with Crippen LogP contribution in [0.5, 0.6) is 5.75 Å². The lowest BCUT2D eigenvalue weighted by Gasteiger charge is -2.19. The fourth-order valence-corrected chi connectivity index (χ4v) is 4.76. The Bertz CT molecular complexity index is 1130. The predicted octanol–water partition coefficient (Wildman–Crippen LogP) is 3.96. The maximum atomic E-state index is 12.6. The molecule has 0 saturated heterocycles. The van der Waals surface area contributed by atoms with Crippen molar-refractivity contribution in [2.24, 2.45) is 0 Å². The Balaban J connectivity index is 1.76. The van der Waals surface area contributed by atoms with Crippen LogP contribution < -0.4 is 10.1 Å². The number of nitrogens with zero attached hydrogens (tertiary/aromatic N) is 1. The molecule has 0 radical (unpaired) electrons. The monoisotopic (exact) mass is 430 g/mol. The molecule has 3 aromatic rings. The Morgan fingerprint density at radius 1 is 1.13 bits per heavy atom. The highest BCUT2D eigenvalue weighted by Crippen LogP contribution is 2.28. The molecule has 0 bridgehead atoms. The first-order chi connectivity index (χ1) is 14.3. The number of rotatable bonds is 8. The van der Waals surface area contributed by atoms with Crippen molar-refractivity contribution in [3.8, 4) is 5.75 Å². The van der Waals surface area contributed by atoms with Gasteiger partial charge in [0.15, 0.2) is 17.1 Å². The van der Waals surface area contributed by atoms with Crippen molar-refractivity contribution in [1.29, 1.82) is 0 Å². The summed E-state index contributed by atoms with van der Waals surface area (Å²) in [6, 6.07) is 13.3. The van der Waals surface area contributed by atoms with Crippen LogP contribution >= 0.6 is 0 Å². The van der Waals surface area contributed by atoms with Gasteiger partial charge in [0.25, 0.3) is 5.91 Å². The van der Waals surface area contributed by atoms with Crippen LogP contribution in [0.1, 0.15) is 42.9 Å². The molecule has 0 saturated carbocycles. The minimum absolute atomic E-state index is 0.182. The van der Waals surface area contributed by atoms with Crippen molar-refractivity contribution < 1.29 is 22.4 Å².